The number of ether oxygens (including phenoxy) is 4. The molecule has 7 nitrogen and oxygen atoms in total. The van der Waals surface area contributed by atoms with Gasteiger partial charge in [-0.05, 0) is 26.0 Å². The third kappa shape index (κ3) is 2.97. The Morgan fingerprint density at radius 3 is 2.96 bits per heavy atom. The maximum Gasteiger partial charge on any atom is 0.338 e. The summed E-state index contributed by atoms with van der Waals surface area (Å²) in [4.78, 5) is 12.5. The summed E-state index contributed by atoms with van der Waals surface area (Å²) in [6.45, 7) is 3.46. The highest BCUT2D eigenvalue weighted by Crippen LogP contribution is 2.45. The Morgan fingerprint density at radius 2 is 2.27 bits per heavy atom. The number of hydrogen-bond donors (Lipinski definition) is 1. The van der Waals surface area contributed by atoms with Gasteiger partial charge in [-0.3, -0.25) is 0 Å². The van der Waals surface area contributed by atoms with Crippen LogP contribution in [0.2, 0.25) is 0 Å². The second-order valence-electron chi connectivity index (χ2n) is 5.71. The molecule has 1 aromatic carbocycles. The number of benzene rings is 1. The van der Waals surface area contributed by atoms with Crippen molar-refractivity contribution in [2.24, 2.45) is 5.73 Å². The third-order valence-corrected chi connectivity index (χ3v) is 4.12. The Morgan fingerprint density at radius 1 is 1.50 bits per heavy atom. The monoisotopic (exact) mass is 360 g/mol. The number of nitrogens with zero attached hydrogens (tertiary/aromatic N) is 1. The molecule has 0 saturated carbocycles. The highest BCUT2D eigenvalue weighted by Gasteiger charge is 2.39. The van der Waals surface area contributed by atoms with Crippen molar-refractivity contribution >= 4 is 5.97 Å². The summed E-state index contributed by atoms with van der Waals surface area (Å²) >= 11 is 0. The molecule has 0 fully saturated rings. The number of fused-ring (bicyclic) bond motifs is 1. The van der Waals surface area contributed by atoms with Gasteiger partial charge < -0.3 is 24.7 Å². The highest BCUT2D eigenvalue weighted by molar-refractivity contribution is 5.92. The Hall–Kier alpha value is -3.05. The largest absolute Gasteiger partial charge is 0.467 e. The predicted octanol–water partition coefficient (Wildman–Crippen LogP) is 2.34. The highest BCUT2D eigenvalue weighted by atomic mass is 19.1. The lowest BCUT2D eigenvalue weighted by molar-refractivity contribution is -0.139. The summed E-state index contributed by atoms with van der Waals surface area (Å²) in [6, 6.07) is 4.46. The van der Waals surface area contributed by atoms with E-state index in [0.717, 1.165) is 0 Å². The average Bonchev–Trinajstić information content (AvgIpc) is 2.60. The van der Waals surface area contributed by atoms with E-state index in [0.29, 0.717) is 16.9 Å². The number of carbonyl (C=O) groups excluding carboxylic acids is 1. The summed E-state index contributed by atoms with van der Waals surface area (Å²) in [7, 11) is 0. The molecule has 0 bridgehead atoms. The van der Waals surface area contributed by atoms with Crippen molar-refractivity contribution in [3.63, 3.8) is 0 Å². The first kappa shape index (κ1) is 17.8. The van der Waals surface area contributed by atoms with Crippen LogP contribution >= 0.6 is 0 Å². The molecule has 0 aromatic heterocycles. The summed E-state index contributed by atoms with van der Waals surface area (Å²) in [5.74, 6) is -1.77. The van der Waals surface area contributed by atoms with E-state index in [4.69, 9.17) is 24.7 Å². The first-order valence-electron chi connectivity index (χ1n) is 7.96. The molecule has 3 rings (SSSR count). The van der Waals surface area contributed by atoms with Crippen LogP contribution in [-0.2, 0) is 25.6 Å². The molecule has 0 aliphatic carbocycles. The summed E-state index contributed by atoms with van der Waals surface area (Å²) in [5.41, 5.74) is 6.70. The fourth-order valence-electron chi connectivity index (χ4n) is 3.09. The maximum absolute atomic E-state index is 14.2. The van der Waals surface area contributed by atoms with E-state index in [-0.39, 0.29) is 42.8 Å². The van der Waals surface area contributed by atoms with Gasteiger partial charge in [0.2, 0.25) is 5.88 Å². The van der Waals surface area contributed by atoms with Crippen LogP contribution in [0.4, 0.5) is 4.39 Å². The molecule has 2 N–H and O–H groups in total. The van der Waals surface area contributed by atoms with E-state index in [1.807, 2.05) is 6.07 Å². The molecule has 2 heterocycles. The minimum Gasteiger partial charge on any atom is -0.467 e. The van der Waals surface area contributed by atoms with Crippen LogP contribution < -0.4 is 10.5 Å². The number of halogens is 1. The van der Waals surface area contributed by atoms with Gasteiger partial charge in [0.05, 0.1) is 24.7 Å². The van der Waals surface area contributed by atoms with E-state index in [1.54, 1.807) is 6.92 Å². The molecule has 136 valence electrons. The lowest BCUT2D eigenvalue weighted by Gasteiger charge is -2.29. The topological polar surface area (TPSA) is 104 Å². The molecule has 1 aromatic rings. The molecule has 26 heavy (non-hydrogen) atoms. The van der Waals surface area contributed by atoms with Gasteiger partial charge in [0.1, 0.15) is 29.0 Å². The van der Waals surface area contributed by atoms with Crippen LogP contribution in [0.5, 0.6) is 5.75 Å². The Bertz CT molecular complexity index is 869. The molecular weight excluding hydrogens is 343 g/mol. The number of nitrogens with two attached hydrogens (primary N) is 1. The second-order valence-corrected chi connectivity index (χ2v) is 5.71. The Labute approximate surface area is 149 Å². The molecule has 2 aliphatic rings. The SMILES string of the molecule is CCOC(=O)C1=C(C)OC(N)=C(C#N)C1c1cc(F)cc2c1OCOC2. The van der Waals surface area contributed by atoms with Gasteiger partial charge in [0, 0.05) is 11.1 Å². The smallest absolute Gasteiger partial charge is 0.338 e. The molecule has 1 atom stereocenters. The average molecular weight is 360 g/mol. The van der Waals surface area contributed by atoms with Crippen molar-refractivity contribution in [1.29, 1.82) is 5.26 Å². The number of esters is 1. The zero-order valence-electron chi connectivity index (χ0n) is 14.3. The number of rotatable bonds is 3. The molecule has 0 spiro atoms. The van der Waals surface area contributed by atoms with E-state index in [9.17, 15) is 14.4 Å². The van der Waals surface area contributed by atoms with E-state index >= 15 is 0 Å². The van der Waals surface area contributed by atoms with E-state index in [2.05, 4.69) is 0 Å². The standard InChI is InChI=1S/C18H17FN2O5/c1-3-24-18(22)14-9(2)26-17(21)13(6-20)15(14)12-5-11(19)4-10-7-23-8-25-16(10)12/h4-5,15H,3,7-8,21H2,1-2H3. The fourth-order valence-corrected chi connectivity index (χ4v) is 3.09. The van der Waals surface area contributed by atoms with Crippen molar-refractivity contribution in [3.8, 4) is 11.8 Å². The van der Waals surface area contributed by atoms with Gasteiger partial charge in [-0.15, -0.1) is 0 Å². The number of nitriles is 1. The van der Waals surface area contributed by atoms with Crippen molar-refractivity contribution in [2.75, 3.05) is 13.4 Å². The van der Waals surface area contributed by atoms with Crippen molar-refractivity contribution in [1.82, 2.24) is 0 Å². The van der Waals surface area contributed by atoms with Crippen LogP contribution in [0.25, 0.3) is 0 Å². The normalized spacial score (nSPS) is 19.2. The van der Waals surface area contributed by atoms with Gasteiger partial charge in [-0.1, -0.05) is 0 Å². The lowest BCUT2D eigenvalue weighted by Crippen LogP contribution is -2.27. The van der Waals surface area contributed by atoms with E-state index in [1.165, 1.54) is 19.1 Å². The van der Waals surface area contributed by atoms with Gasteiger partial charge in [0.25, 0.3) is 0 Å². The lowest BCUT2D eigenvalue weighted by atomic mass is 9.81. The zero-order chi connectivity index (χ0) is 18.8. The van der Waals surface area contributed by atoms with Crippen molar-refractivity contribution in [3.05, 3.63) is 51.9 Å². The van der Waals surface area contributed by atoms with Crippen LogP contribution in [0.15, 0.2) is 34.9 Å². The molecule has 0 radical (unpaired) electrons. The summed E-state index contributed by atoms with van der Waals surface area (Å²) in [5, 5.41) is 9.58. The molecule has 8 heteroatoms. The number of allylic oxidation sites excluding steroid dienone is 2. The summed E-state index contributed by atoms with van der Waals surface area (Å²) < 4.78 is 35.4. The predicted molar refractivity (Wildman–Crippen MR) is 86.7 cm³/mol. The first-order chi connectivity index (χ1) is 12.5. The minimum absolute atomic E-state index is 0.0125. The van der Waals surface area contributed by atoms with Gasteiger partial charge in [-0.2, -0.15) is 5.26 Å². The maximum atomic E-state index is 14.2. The number of hydrogen-bond acceptors (Lipinski definition) is 7. The van der Waals surface area contributed by atoms with Crippen LogP contribution in [-0.4, -0.2) is 19.4 Å². The first-order valence-corrected chi connectivity index (χ1v) is 7.96. The van der Waals surface area contributed by atoms with Crippen molar-refractivity contribution < 1.29 is 28.1 Å². The Kier molecular flexibility index (Phi) is 4.82. The molecule has 0 amide bonds. The van der Waals surface area contributed by atoms with E-state index < -0.39 is 17.7 Å². The minimum atomic E-state index is -0.963. The third-order valence-electron chi connectivity index (χ3n) is 4.12. The zero-order valence-corrected chi connectivity index (χ0v) is 14.3. The van der Waals surface area contributed by atoms with Crippen LogP contribution in [0, 0.1) is 17.1 Å². The van der Waals surface area contributed by atoms with Gasteiger partial charge in [-0.25, -0.2) is 9.18 Å². The molecule has 0 saturated heterocycles. The van der Waals surface area contributed by atoms with Crippen molar-refractivity contribution in [2.45, 2.75) is 26.4 Å². The van der Waals surface area contributed by atoms with Crippen LogP contribution in [0.1, 0.15) is 30.9 Å². The van der Waals surface area contributed by atoms with Crippen LogP contribution in [0.3, 0.4) is 0 Å². The fraction of sp³-hybridized carbons (Fsp3) is 0.333. The molecule has 2 aliphatic heterocycles. The molecule has 1 unspecified atom stereocenters. The number of carbonyl (C=O) groups is 1. The quantitative estimate of drug-likeness (QED) is 0.825. The van der Waals surface area contributed by atoms with Gasteiger partial charge in [0.15, 0.2) is 6.79 Å². The Balaban J connectivity index is 2.24. The second kappa shape index (κ2) is 7.06. The molecular formula is C18H17FN2O5. The summed E-state index contributed by atoms with van der Waals surface area (Å²) in [6.07, 6.45) is 0. The van der Waals surface area contributed by atoms with Gasteiger partial charge >= 0.3 is 5.97 Å².